The molecule has 1 fully saturated rings. The molecule has 0 spiro atoms. The van der Waals surface area contributed by atoms with Gasteiger partial charge in [0.2, 0.25) is 5.91 Å². The third-order valence-corrected chi connectivity index (χ3v) is 4.69. The maximum atomic E-state index is 12.3. The van der Waals surface area contributed by atoms with E-state index < -0.39 is 6.04 Å². The van der Waals surface area contributed by atoms with Gasteiger partial charge in [-0.25, -0.2) is 0 Å². The summed E-state index contributed by atoms with van der Waals surface area (Å²) in [7, 11) is 0. The molecule has 0 bridgehead atoms. The molecule has 23 heavy (non-hydrogen) atoms. The third kappa shape index (κ3) is 3.55. The molecule has 0 aliphatic heterocycles. The largest absolute Gasteiger partial charge is 0.368 e. The van der Waals surface area contributed by atoms with Gasteiger partial charge in [-0.3, -0.25) is 4.79 Å². The van der Waals surface area contributed by atoms with E-state index in [9.17, 15) is 4.79 Å². The molecule has 1 aliphatic rings. The van der Waals surface area contributed by atoms with E-state index in [2.05, 4.69) is 17.0 Å². The summed E-state index contributed by atoms with van der Waals surface area (Å²) in [4.78, 5) is 14.6. The zero-order chi connectivity index (χ0) is 16.1. The van der Waals surface area contributed by atoms with Crippen molar-refractivity contribution in [3.63, 3.8) is 0 Å². The van der Waals surface area contributed by atoms with Crippen LogP contribution in [-0.4, -0.2) is 11.9 Å². The second kappa shape index (κ2) is 7.32. The molecule has 1 amide bonds. The van der Waals surface area contributed by atoms with Crippen LogP contribution in [-0.2, 0) is 4.79 Å². The lowest BCUT2D eigenvalue weighted by Crippen LogP contribution is -2.45. The predicted octanol–water partition coefficient (Wildman–Crippen LogP) is 4.05. The molecule has 3 rings (SSSR count). The van der Waals surface area contributed by atoms with Crippen LogP contribution in [0.25, 0.3) is 0 Å². The van der Waals surface area contributed by atoms with Gasteiger partial charge in [0.15, 0.2) is 0 Å². The lowest BCUT2D eigenvalue weighted by atomic mass is 9.91. The molecular weight excluding hydrogens is 284 g/mol. The van der Waals surface area contributed by atoms with Gasteiger partial charge < -0.3 is 10.6 Å². The molecule has 0 saturated heterocycles. The van der Waals surface area contributed by atoms with Gasteiger partial charge in [-0.1, -0.05) is 67.8 Å². The molecule has 1 unspecified atom stereocenters. The molecular formula is C20H24N2O. The fourth-order valence-corrected chi connectivity index (χ4v) is 3.63. The van der Waals surface area contributed by atoms with Crippen molar-refractivity contribution in [2.75, 3.05) is 4.90 Å². The van der Waals surface area contributed by atoms with Crippen molar-refractivity contribution in [1.29, 1.82) is 0 Å². The molecule has 2 aromatic carbocycles. The highest BCUT2D eigenvalue weighted by Gasteiger charge is 2.32. The van der Waals surface area contributed by atoms with Gasteiger partial charge in [-0.05, 0) is 30.5 Å². The Hall–Kier alpha value is -2.29. The van der Waals surface area contributed by atoms with E-state index in [0.717, 1.165) is 24.1 Å². The normalized spacial score (nSPS) is 16.7. The number of rotatable bonds is 5. The average molecular weight is 308 g/mol. The zero-order valence-corrected chi connectivity index (χ0v) is 13.4. The Morgan fingerprint density at radius 3 is 2.04 bits per heavy atom. The number of para-hydroxylation sites is 1. The highest BCUT2D eigenvalue weighted by Crippen LogP contribution is 2.34. The number of primary amides is 1. The first-order valence-corrected chi connectivity index (χ1v) is 8.45. The molecule has 1 saturated carbocycles. The van der Waals surface area contributed by atoms with Gasteiger partial charge in [0.1, 0.15) is 6.04 Å². The van der Waals surface area contributed by atoms with E-state index in [0.29, 0.717) is 6.04 Å². The second-order valence-electron chi connectivity index (χ2n) is 6.25. The van der Waals surface area contributed by atoms with Crippen molar-refractivity contribution in [2.24, 2.45) is 5.73 Å². The molecule has 1 aliphatic carbocycles. The Morgan fingerprint density at radius 1 is 0.913 bits per heavy atom. The summed E-state index contributed by atoms with van der Waals surface area (Å²) in [5, 5.41) is 0. The van der Waals surface area contributed by atoms with Crippen molar-refractivity contribution >= 4 is 11.6 Å². The van der Waals surface area contributed by atoms with Crippen molar-refractivity contribution < 1.29 is 4.79 Å². The monoisotopic (exact) mass is 308 g/mol. The molecule has 0 heterocycles. The summed E-state index contributed by atoms with van der Waals surface area (Å²) in [6, 6.07) is 20.0. The number of benzene rings is 2. The fourth-order valence-electron chi connectivity index (χ4n) is 3.63. The van der Waals surface area contributed by atoms with Crippen LogP contribution in [0.4, 0.5) is 5.69 Å². The number of hydrogen-bond acceptors (Lipinski definition) is 2. The highest BCUT2D eigenvalue weighted by atomic mass is 16.1. The predicted molar refractivity (Wildman–Crippen MR) is 94.2 cm³/mol. The third-order valence-electron chi connectivity index (χ3n) is 4.69. The Labute approximate surface area is 138 Å². The second-order valence-corrected chi connectivity index (χ2v) is 6.25. The fraction of sp³-hybridized carbons (Fsp3) is 0.350. The van der Waals surface area contributed by atoms with Gasteiger partial charge in [-0.15, -0.1) is 0 Å². The highest BCUT2D eigenvalue weighted by molar-refractivity contribution is 5.85. The molecule has 2 aromatic rings. The van der Waals surface area contributed by atoms with Gasteiger partial charge in [0.25, 0.3) is 0 Å². The molecule has 120 valence electrons. The smallest absolute Gasteiger partial charge is 0.244 e. The summed E-state index contributed by atoms with van der Waals surface area (Å²) < 4.78 is 0. The number of amides is 1. The first kappa shape index (κ1) is 15.6. The number of nitrogens with zero attached hydrogens (tertiary/aromatic N) is 1. The Morgan fingerprint density at radius 2 is 1.48 bits per heavy atom. The molecule has 1 atom stereocenters. The van der Waals surface area contributed by atoms with Crippen LogP contribution in [0.15, 0.2) is 60.7 Å². The van der Waals surface area contributed by atoms with Crippen molar-refractivity contribution in [1.82, 2.24) is 0 Å². The molecule has 0 radical (unpaired) electrons. The number of carbonyl (C=O) groups is 1. The first-order chi connectivity index (χ1) is 11.3. The number of nitrogens with two attached hydrogens (primary N) is 1. The van der Waals surface area contributed by atoms with Crippen molar-refractivity contribution in [2.45, 2.75) is 44.2 Å². The number of carbonyl (C=O) groups excluding carboxylic acids is 1. The minimum absolute atomic E-state index is 0.286. The van der Waals surface area contributed by atoms with E-state index in [1.807, 2.05) is 48.5 Å². The average Bonchev–Trinajstić information content (AvgIpc) is 2.61. The van der Waals surface area contributed by atoms with E-state index in [1.165, 1.54) is 19.3 Å². The van der Waals surface area contributed by atoms with Crippen LogP contribution < -0.4 is 10.6 Å². The van der Waals surface area contributed by atoms with Gasteiger partial charge in [0.05, 0.1) is 0 Å². The lowest BCUT2D eigenvalue weighted by Gasteiger charge is -2.40. The topological polar surface area (TPSA) is 46.3 Å². The summed E-state index contributed by atoms with van der Waals surface area (Å²) in [6.07, 6.45) is 5.95. The van der Waals surface area contributed by atoms with Gasteiger partial charge in [-0.2, -0.15) is 0 Å². The van der Waals surface area contributed by atoms with Crippen molar-refractivity contribution in [3.05, 3.63) is 66.2 Å². The van der Waals surface area contributed by atoms with Gasteiger partial charge in [0, 0.05) is 11.7 Å². The first-order valence-electron chi connectivity index (χ1n) is 8.45. The Bertz CT molecular complexity index is 621. The molecule has 0 aromatic heterocycles. The minimum Gasteiger partial charge on any atom is -0.368 e. The van der Waals surface area contributed by atoms with Crippen LogP contribution in [0.1, 0.15) is 43.7 Å². The summed E-state index contributed by atoms with van der Waals surface area (Å²) in [5.74, 6) is -0.286. The van der Waals surface area contributed by atoms with Gasteiger partial charge >= 0.3 is 0 Å². The van der Waals surface area contributed by atoms with Crippen LogP contribution in [0.3, 0.4) is 0 Å². The maximum Gasteiger partial charge on any atom is 0.244 e. The summed E-state index contributed by atoms with van der Waals surface area (Å²) in [6.45, 7) is 0. The zero-order valence-electron chi connectivity index (χ0n) is 13.4. The summed E-state index contributed by atoms with van der Waals surface area (Å²) >= 11 is 0. The van der Waals surface area contributed by atoms with Crippen LogP contribution >= 0.6 is 0 Å². The molecule has 3 heteroatoms. The Kier molecular flexibility index (Phi) is 4.96. The van der Waals surface area contributed by atoms with E-state index in [-0.39, 0.29) is 5.91 Å². The van der Waals surface area contributed by atoms with Crippen molar-refractivity contribution in [3.8, 4) is 0 Å². The van der Waals surface area contributed by atoms with Crippen LogP contribution in [0.5, 0.6) is 0 Å². The van der Waals surface area contributed by atoms with Crippen LogP contribution in [0.2, 0.25) is 0 Å². The maximum absolute atomic E-state index is 12.3. The lowest BCUT2D eigenvalue weighted by molar-refractivity contribution is -0.119. The van der Waals surface area contributed by atoms with E-state index >= 15 is 0 Å². The summed E-state index contributed by atoms with van der Waals surface area (Å²) in [5.41, 5.74) is 7.88. The van der Waals surface area contributed by atoms with Crippen LogP contribution in [0, 0.1) is 0 Å². The number of hydrogen-bond donors (Lipinski definition) is 1. The standard InChI is InChI=1S/C20H24N2O/c21-20(23)19(16-10-4-1-5-11-16)22(17-12-6-2-7-13-17)18-14-8-3-9-15-18/h1-2,4-7,10-13,18-19H,3,8-9,14-15H2,(H2,21,23). The minimum atomic E-state index is -0.415. The quantitative estimate of drug-likeness (QED) is 0.905. The molecule has 3 nitrogen and oxygen atoms in total. The molecule has 2 N–H and O–H groups in total. The SMILES string of the molecule is NC(=O)C(c1ccccc1)N(c1ccccc1)C1CCCCC1. The van der Waals surface area contributed by atoms with E-state index in [4.69, 9.17) is 5.73 Å². The number of anilines is 1. The van der Waals surface area contributed by atoms with E-state index in [1.54, 1.807) is 0 Å². The Balaban J connectivity index is 2.03.